The third-order valence-corrected chi connectivity index (χ3v) is 6.70. The maximum absolute atomic E-state index is 15.1. The van der Waals surface area contributed by atoms with Gasteiger partial charge in [0.1, 0.15) is 17.5 Å². The van der Waals surface area contributed by atoms with Crippen LogP contribution in [0.1, 0.15) is 57.4 Å². The van der Waals surface area contributed by atoms with Crippen LogP contribution in [0.5, 0.6) is 0 Å². The van der Waals surface area contributed by atoms with Crippen molar-refractivity contribution in [2.24, 2.45) is 11.8 Å². The van der Waals surface area contributed by atoms with Crippen LogP contribution in [0, 0.1) is 29.3 Å². The van der Waals surface area contributed by atoms with Gasteiger partial charge in [0.05, 0.1) is 0 Å². The molecule has 0 aromatic heterocycles. The van der Waals surface area contributed by atoms with Crippen LogP contribution in [0.4, 0.5) is 13.2 Å². The van der Waals surface area contributed by atoms with Crippen LogP contribution in [0.25, 0.3) is 21.9 Å². The van der Waals surface area contributed by atoms with E-state index in [-0.39, 0.29) is 11.1 Å². The largest absolute Gasteiger partial charge is 0.207 e. The Balaban J connectivity index is 1.47. The maximum Gasteiger partial charge on any atom is 0.138 e. The summed E-state index contributed by atoms with van der Waals surface area (Å²) in [6.45, 7) is 2.27. The highest BCUT2D eigenvalue weighted by Gasteiger charge is 2.20. The molecule has 0 atom stereocenters. The van der Waals surface area contributed by atoms with E-state index in [0.29, 0.717) is 5.39 Å². The second-order valence-electron chi connectivity index (χ2n) is 8.85. The third kappa shape index (κ3) is 4.71. The standard InChI is InChI=1S/C27H29F3/c1-2-3-18-4-6-19(7-5-18)8-9-20-10-12-25-21(14-20)11-13-26(27(25)30)22-15-23(28)17-24(29)16-22/h10-19H,2-9H2,1H3/t18-,19-. The number of rotatable bonds is 6. The molecule has 3 aromatic carbocycles. The molecule has 0 bridgehead atoms. The number of fused-ring (bicyclic) bond motifs is 1. The van der Waals surface area contributed by atoms with Crippen LogP contribution in [-0.4, -0.2) is 0 Å². The first-order valence-electron chi connectivity index (χ1n) is 11.2. The summed E-state index contributed by atoms with van der Waals surface area (Å²) in [5, 5.41) is 1.32. The highest BCUT2D eigenvalue weighted by Crippen LogP contribution is 2.35. The summed E-state index contributed by atoms with van der Waals surface area (Å²) in [5.41, 5.74) is 1.66. The summed E-state index contributed by atoms with van der Waals surface area (Å²) in [6, 6.07) is 12.4. The first-order valence-corrected chi connectivity index (χ1v) is 11.2. The fourth-order valence-electron chi connectivity index (χ4n) is 5.02. The van der Waals surface area contributed by atoms with Gasteiger partial charge in [-0.05, 0) is 53.3 Å². The predicted molar refractivity (Wildman–Crippen MR) is 118 cm³/mol. The van der Waals surface area contributed by atoms with Crippen LogP contribution in [-0.2, 0) is 6.42 Å². The van der Waals surface area contributed by atoms with E-state index in [1.807, 2.05) is 12.1 Å². The molecule has 1 aliphatic carbocycles. The Morgan fingerprint density at radius 1 is 0.767 bits per heavy atom. The minimum absolute atomic E-state index is 0.217. The molecular weight excluding hydrogens is 381 g/mol. The van der Waals surface area contributed by atoms with Gasteiger partial charge in [0, 0.05) is 17.0 Å². The maximum atomic E-state index is 15.1. The first-order chi connectivity index (χ1) is 14.5. The number of aryl methyl sites for hydroxylation is 1. The van der Waals surface area contributed by atoms with Gasteiger partial charge in [-0.2, -0.15) is 0 Å². The van der Waals surface area contributed by atoms with Crippen LogP contribution >= 0.6 is 0 Å². The van der Waals surface area contributed by atoms with Crippen molar-refractivity contribution in [3.63, 3.8) is 0 Å². The molecule has 0 N–H and O–H groups in total. The zero-order valence-electron chi connectivity index (χ0n) is 17.6. The smallest absolute Gasteiger partial charge is 0.138 e. The van der Waals surface area contributed by atoms with Crippen LogP contribution in [0.15, 0.2) is 48.5 Å². The third-order valence-electron chi connectivity index (χ3n) is 6.70. The molecule has 0 unspecified atom stereocenters. The van der Waals surface area contributed by atoms with Crippen molar-refractivity contribution in [2.45, 2.75) is 58.3 Å². The topological polar surface area (TPSA) is 0 Å². The molecule has 0 amide bonds. The van der Waals surface area contributed by atoms with E-state index < -0.39 is 17.5 Å². The van der Waals surface area contributed by atoms with Gasteiger partial charge in [-0.3, -0.25) is 0 Å². The lowest BCUT2D eigenvalue weighted by Gasteiger charge is -2.28. The average Bonchev–Trinajstić information content (AvgIpc) is 2.73. The highest BCUT2D eigenvalue weighted by atomic mass is 19.1. The Kier molecular flexibility index (Phi) is 6.46. The first kappa shape index (κ1) is 21.0. The summed E-state index contributed by atoms with van der Waals surface area (Å²) in [4.78, 5) is 0. The Hall–Kier alpha value is -2.29. The molecule has 1 fully saturated rings. The van der Waals surface area contributed by atoms with E-state index in [9.17, 15) is 8.78 Å². The van der Waals surface area contributed by atoms with Gasteiger partial charge in [0.25, 0.3) is 0 Å². The van der Waals surface area contributed by atoms with E-state index in [2.05, 4.69) is 13.0 Å². The Labute approximate surface area is 177 Å². The molecule has 0 spiro atoms. The molecule has 30 heavy (non-hydrogen) atoms. The lowest BCUT2D eigenvalue weighted by atomic mass is 9.78. The van der Waals surface area contributed by atoms with Crippen molar-refractivity contribution in [2.75, 3.05) is 0 Å². The summed E-state index contributed by atoms with van der Waals surface area (Å²) in [7, 11) is 0. The highest BCUT2D eigenvalue weighted by molar-refractivity contribution is 5.88. The molecule has 0 radical (unpaired) electrons. The summed E-state index contributed by atoms with van der Waals surface area (Å²) in [5.74, 6) is -0.114. The van der Waals surface area contributed by atoms with Gasteiger partial charge in [-0.25, -0.2) is 13.2 Å². The SMILES string of the molecule is CCC[C@H]1CC[C@H](CCc2ccc3c(F)c(-c4cc(F)cc(F)c4)ccc3c2)CC1. The Morgan fingerprint density at radius 3 is 2.10 bits per heavy atom. The second kappa shape index (κ2) is 9.24. The Morgan fingerprint density at radius 2 is 1.43 bits per heavy atom. The van der Waals surface area contributed by atoms with E-state index in [0.717, 1.165) is 41.8 Å². The molecule has 0 nitrogen and oxygen atoms in total. The van der Waals surface area contributed by atoms with Gasteiger partial charge >= 0.3 is 0 Å². The van der Waals surface area contributed by atoms with Gasteiger partial charge in [0.15, 0.2) is 0 Å². The molecule has 4 rings (SSSR count). The van der Waals surface area contributed by atoms with Crippen molar-refractivity contribution >= 4 is 10.8 Å². The van der Waals surface area contributed by atoms with Crippen molar-refractivity contribution < 1.29 is 13.2 Å². The summed E-state index contributed by atoms with van der Waals surface area (Å²) >= 11 is 0. The fourth-order valence-corrected chi connectivity index (χ4v) is 5.02. The molecule has 3 heteroatoms. The van der Waals surface area contributed by atoms with Gasteiger partial charge in [0.2, 0.25) is 0 Å². The second-order valence-corrected chi connectivity index (χ2v) is 8.85. The molecule has 158 valence electrons. The minimum Gasteiger partial charge on any atom is -0.207 e. The lowest BCUT2D eigenvalue weighted by molar-refractivity contribution is 0.252. The van der Waals surface area contributed by atoms with Crippen molar-refractivity contribution in [1.29, 1.82) is 0 Å². The average molecular weight is 411 g/mol. The molecule has 0 heterocycles. The van der Waals surface area contributed by atoms with E-state index in [1.165, 1.54) is 50.5 Å². The predicted octanol–water partition coefficient (Wildman–Crippen LogP) is 8.46. The van der Waals surface area contributed by atoms with E-state index >= 15 is 4.39 Å². The number of hydrogen-bond donors (Lipinski definition) is 0. The molecule has 1 saturated carbocycles. The molecule has 1 aliphatic rings. The zero-order valence-corrected chi connectivity index (χ0v) is 17.6. The monoisotopic (exact) mass is 410 g/mol. The Bertz CT molecular complexity index is 996. The van der Waals surface area contributed by atoms with E-state index in [4.69, 9.17) is 0 Å². The zero-order chi connectivity index (χ0) is 21.1. The van der Waals surface area contributed by atoms with Crippen molar-refractivity contribution in [1.82, 2.24) is 0 Å². The van der Waals surface area contributed by atoms with E-state index in [1.54, 1.807) is 12.1 Å². The number of halogens is 3. The quantitative estimate of drug-likeness (QED) is 0.382. The summed E-state index contributed by atoms with van der Waals surface area (Å²) < 4.78 is 42.2. The van der Waals surface area contributed by atoms with Crippen molar-refractivity contribution in [3.05, 3.63) is 71.5 Å². The van der Waals surface area contributed by atoms with Crippen molar-refractivity contribution in [3.8, 4) is 11.1 Å². The number of benzene rings is 3. The summed E-state index contributed by atoms with van der Waals surface area (Å²) in [6.07, 6.45) is 10.3. The minimum atomic E-state index is -0.705. The fraction of sp³-hybridized carbons (Fsp3) is 0.407. The number of hydrogen-bond acceptors (Lipinski definition) is 0. The lowest BCUT2D eigenvalue weighted by Crippen LogP contribution is -2.15. The molecule has 3 aromatic rings. The van der Waals surface area contributed by atoms with Crippen LogP contribution < -0.4 is 0 Å². The molecule has 0 aliphatic heterocycles. The van der Waals surface area contributed by atoms with Crippen LogP contribution in [0.2, 0.25) is 0 Å². The van der Waals surface area contributed by atoms with Crippen LogP contribution in [0.3, 0.4) is 0 Å². The molecule has 0 saturated heterocycles. The molecular formula is C27H29F3. The van der Waals surface area contributed by atoms with Gasteiger partial charge < -0.3 is 0 Å². The van der Waals surface area contributed by atoms with Gasteiger partial charge in [-0.15, -0.1) is 0 Å². The normalized spacial score (nSPS) is 19.3. The van der Waals surface area contributed by atoms with Gasteiger partial charge in [-0.1, -0.05) is 75.8 Å².